The Hall–Kier alpha value is -1.29. The van der Waals surface area contributed by atoms with Gasteiger partial charge in [-0.1, -0.05) is 11.6 Å². The normalized spacial score (nSPS) is 9.77. The predicted octanol–water partition coefficient (Wildman–Crippen LogP) is 1.59. The van der Waals surface area contributed by atoms with Gasteiger partial charge in [-0.3, -0.25) is 4.79 Å². The monoisotopic (exact) mass is 203 g/mol. The van der Waals surface area contributed by atoms with Crippen molar-refractivity contribution in [2.45, 2.75) is 0 Å². The van der Waals surface area contributed by atoms with Crippen LogP contribution in [0.15, 0.2) is 12.1 Å². The molecule has 0 heterocycles. The van der Waals surface area contributed by atoms with E-state index in [0.29, 0.717) is 0 Å². The summed E-state index contributed by atoms with van der Waals surface area (Å²) in [5, 5.41) is 0.0244. The van der Waals surface area contributed by atoms with E-state index in [1.807, 2.05) is 0 Å². The van der Waals surface area contributed by atoms with Crippen molar-refractivity contribution in [2.75, 3.05) is 7.11 Å². The average molecular weight is 204 g/mol. The number of benzene rings is 1. The molecule has 13 heavy (non-hydrogen) atoms. The Labute approximate surface area is 79.2 Å². The molecule has 1 rings (SSSR count). The Kier molecular flexibility index (Phi) is 2.72. The summed E-state index contributed by atoms with van der Waals surface area (Å²) in [7, 11) is 1.29. The zero-order chi connectivity index (χ0) is 10.0. The molecule has 1 aromatic carbocycles. The van der Waals surface area contributed by atoms with Gasteiger partial charge in [0.25, 0.3) is 0 Å². The third kappa shape index (κ3) is 1.89. The Morgan fingerprint density at radius 2 is 2.23 bits per heavy atom. The third-order valence-electron chi connectivity index (χ3n) is 1.49. The number of halogens is 2. The van der Waals surface area contributed by atoms with Crippen LogP contribution in [0.25, 0.3) is 0 Å². The molecule has 0 atom stereocenters. The van der Waals surface area contributed by atoms with E-state index in [2.05, 4.69) is 4.74 Å². The predicted molar refractivity (Wildman–Crippen MR) is 46.5 cm³/mol. The molecular formula is C8H7ClFNO2. The van der Waals surface area contributed by atoms with Crippen molar-refractivity contribution >= 4 is 17.5 Å². The lowest BCUT2D eigenvalue weighted by molar-refractivity contribution is 0.1000. The van der Waals surface area contributed by atoms with E-state index in [4.69, 9.17) is 17.3 Å². The molecule has 0 aromatic heterocycles. The Morgan fingerprint density at radius 3 is 2.62 bits per heavy atom. The summed E-state index contributed by atoms with van der Waals surface area (Å²) < 4.78 is 17.7. The largest absolute Gasteiger partial charge is 0.492 e. The van der Waals surface area contributed by atoms with Crippen LogP contribution in [0.2, 0.25) is 5.02 Å². The minimum Gasteiger partial charge on any atom is -0.492 e. The minimum absolute atomic E-state index is 0.0169. The first-order chi connectivity index (χ1) is 6.06. The van der Waals surface area contributed by atoms with Gasteiger partial charge in [0, 0.05) is 5.56 Å². The van der Waals surface area contributed by atoms with Crippen LogP contribution in [0.3, 0.4) is 0 Å². The van der Waals surface area contributed by atoms with E-state index < -0.39 is 11.7 Å². The van der Waals surface area contributed by atoms with Gasteiger partial charge in [0.1, 0.15) is 0 Å². The van der Waals surface area contributed by atoms with Crippen LogP contribution < -0.4 is 10.5 Å². The van der Waals surface area contributed by atoms with Crippen LogP contribution >= 0.6 is 11.6 Å². The fraction of sp³-hybridized carbons (Fsp3) is 0.125. The van der Waals surface area contributed by atoms with Crippen LogP contribution in [0, 0.1) is 5.82 Å². The molecule has 1 aromatic rings. The number of amides is 1. The summed E-state index contributed by atoms with van der Waals surface area (Å²) >= 11 is 5.61. The first-order valence-corrected chi connectivity index (χ1v) is 3.77. The highest BCUT2D eigenvalue weighted by Gasteiger charge is 2.12. The number of nitrogens with two attached hydrogens (primary N) is 1. The Balaban J connectivity index is 3.28. The number of ether oxygens (including phenoxy) is 1. The maximum atomic E-state index is 13.1. The van der Waals surface area contributed by atoms with Crippen molar-refractivity contribution in [3.05, 3.63) is 28.5 Å². The van der Waals surface area contributed by atoms with Crippen LogP contribution in [0.1, 0.15) is 10.4 Å². The van der Waals surface area contributed by atoms with Gasteiger partial charge in [0.2, 0.25) is 5.91 Å². The highest BCUT2D eigenvalue weighted by molar-refractivity contribution is 6.32. The number of methoxy groups -OCH3 is 1. The van der Waals surface area contributed by atoms with Crippen molar-refractivity contribution < 1.29 is 13.9 Å². The van der Waals surface area contributed by atoms with Gasteiger partial charge in [-0.2, -0.15) is 0 Å². The summed E-state index contributed by atoms with van der Waals surface area (Å²) in [6.45, 7) is 0. The summed E-state index contributed by atoms with van der Waals surface area (Å²) in [5.74, 6) is -1.53. The second-order valence-corrected chi connectivity index (χ2v) is 2.74. The zero-order valence-electron chi connectivity index (χ0n) is 6.80. The molecule has 0 unspecified atom stereocenters. The van der Waals surface area contributed by atoms with Gasteiger partial charge >= 0.3 is 0 Å². The maximum absolute atomic E-state index is 13.1. The fourth-order valence-corrected chi connectivity index (χ4v) is 1.18. The lowest BCUT2D eigenvalue weighted by Gasteiger charge is -2.05. The van der Waals surface area contributed by atoms with Gasteiger partial charge in [-0.25, -0.2) is 4.39 Å². The highest BCUT2D eigenvalue weighted by Crippen LogP contribution is 2.28. The average Bonchev–Trinajstić information content (AvgIpc) is 2.03. The number of hydrogen-bond donors (Lipinski definition) is 1. The summed E-state index contributed by atoms with van der Waals surface area (Å²) in [4.78, 5) is 10.7. The lowest BCUT2D eigenvalue weighted by Crippen LogP contribution is -2.11. The molecule has 0 bridgehead atoms. The molecular weight excluding hydrogens is 197 g/mol. The van der Waals surface area contributed by atoms with Gasteiger partial charge in [-0.15, -0.1) is 0 Å². The van der Waals surface area contributed by atoms with E-state index in [0.717, 1.165) is 6.07 Å². The van der Waals surface area contributed by atoms with Crippen molar-refractivity contribution in [3.63, 3.8) is 0 Å². The summed E-state index contributed by atoms with van der Waals surface area (Å²) in [6.07, 6.45) is 0. The molecule has 0 aliphatic heterocycles. The van der Waals surface area contributed by atoms with Crippen LogP contribution in [0.4, 0.5) is 4.39 Å². The summed E-state index contributed by atoms with van der Waals surface area (Å²) in [5.41, 5.74) is 4.95. The topological polar surface area (TPSA) is 52.3 Å². The molecule has 1 amide bonds. The van der Waals surface area contributed by atoms with E-state index in [1.165, 1.54) is 13.2 Å². The molecule has 3 nitrogen and oxygen atoms in total. The van der Waals surface area contributed by atoms with E-state index >= 15 is 0 Å². The third-order valence-corrected chi connectivity index (χ3v) is 1.77. The van der Waals surface area contributed by atoms with E-state index in [9.17, 15) is 9.18 Å². The van der Waals surface area contributed by atoms with Gasteiger partial charge < -0.3 is 10.5 Å². The number of hydrogen-bond acceptors (Lipinski definition) is 2. The second kappa shape index (κ2) is 3.62. The number of rotatable bonds is 2. The zero-order valence-corrected chi connectivity index (χ0v) is 7.56. The molecule has 2 N–H and O–H groups in total. The van der Waals surface area contributed by atoms with E-state index in [1.54, 1.807) is 0 Å². The van der Waals surface area contributed by atoms with E-state index in [-0.39, 0.29) is 16.3 Å². The van der Waals surface area contributed by atoms with Crippen molar-refractivity contribution in [2.24, 2.45) is 5.73 Å². The SMILES string of the molecule is COc1c(F)cc(C(N)=O)cc1Cl. The standard InChI is InChI=1S/C8H7ClFNO2/c1-13-7-5(9)2-4(8(11)12)3-6(7)10/h2-3H,1H3,(H2,11,12). The van der Waals surface area contributed by atoms with Crippen molar-refractivity contribution in [1.29, 1.82) is 0 Å². The van der Waals surface area contributed by atoms with Crippen LogP contribution in [-0.2, 0) is 0 Å². The van der Waals surface area contributed by atoms with Gasteiger partial charge in [0.05, 0.1) is 12.1 Å². The summed E-state index contributed by atoms with van der Waals surface area (Å²) in [6, 6.07) is 2.23. The molecule has 0 saturated heterocycles. The first-order valence-electron chi connectivity index (χ1n) is 3.39. The maximum Gasteiger partial charge on any atom is 0.248 e. The highest BCUT2D eigenvalue weighted by atomic mass is 35.5. The van der Waals surface area contributed by atoms with Crippen LogP contribution in [0.5, 0.6) is 5.75 Å². The molecule has 0 radical (unpaired) electrons. The lowest BCUT2D eigenvalue weighted by atomic mass is 10.2. The molecule has 0 fully saturated rings. The molecule has 0 spiro atoms. The number of carbonyl (C=O) groups excluding carboxylic acids is 1. The Morgan fingerprint density at radius 1 is 1.62 bits per heavy atom. The number of carbonyl (C=O) groups is 1. The quantitative estimate of drug-likeness (QED) is 0.794. The van der Waals surface area contributed by atoms with Crippen molar-refractivity contribution in [1.82, 2.24) is 0 Å². The van der Waals surface area contributed by atoms with Gasteiger partial charge in [0.15, 0.2) is 11.6 Å². The van der Waals surface area contributed by atoms with Gasteiger partial charge in [-0.05, 0) is 12.1 Å². The van der Waals surface area contributed by atoms with Crippen LogP contribution in [-0.4, -0.2) is 13.0 Å². The minimum atomic E-state index is -0.733. The molecule has 70 valence electrons. The fourth-order valence-electron chi connectivity index (χ4n) is 0.897. The number of primary amides is 1. The first kappa shape index (κ1) is 9.80. The molecule has 0 aliphatic rings. The van der Waals surface area contributed by atoms with Crippen molar-refractivity contribution in [3.8, 4) is 5.75 Å². The molecule has 0 saturated carbocycles. The molecule has 5 heteroatoms. The Bertz CT molecular complexity index is 331. The molecule has 0 aliphatic carbocycles. The second-order valence-electron chi connectivity index (χ2n) is 2.34. The smallest absolute Gasteiger partial charge is 0.248 e.